The Labute approximate surface area is 127 Å². The third-order valence-electron chi connectivity index (χ3n) is 3.04. The van der Waals surface area contributed by atoms with Crippen LogP contribution in [0.4, 0.5) is 5.82 Å². The van der Waals surface area contributed by atoms with Crippen LogP contribution in [0.5, 0.6) is 0 Å². The van der Waals surface area contributed by atoms with Crippen LogP contribution in [-0.2, 0) is 4.79 Å². The minimum Gasteiger partial charge on any atom is -0.478 e. The molecule has 0 unspecified atom stereocenters. The van der Waals surface area contributed by atoms with Gasteiger partial charge in [-0.1, -0.05) is 6.08 Å². The smallest absolute Gasteiger partial charge is 0.328 e. The zero-order chi connectivity index (χ0) is 15.6. The second-order valence-electron chi connectivity index (χ2n) is 5.62. The Hall–Kier alpha value is -2.08. The summed E-state index contributed by atoms with van der Waals surface area (Å²) in [6, 6.07) is 0. The molecule has 0 radical (unpaired) electrons. The van der Waals surface area contributed by atoms with Crippen LogP contribution in [0.2, 0.25) is 0 Å². The van der Waals surface area contributed by atoms with Crippen molar-refractivity contribution >= 4 is 34.2 Å². The predicted molar refractivity (Wildman–Crippen MR) is 87.0 cm³/mol. The van der Waals surface area contributed by atoms with Gasteiger partial charge in [0.15, 0.2) is 10.8 Å². The Kier molecular flexibility index (Phi) is 4.18. The van der Waals surface area contributed by atoms with Gasteiger partial charge in [-0.25, -0.2) is 9.78 Å². The minimum absolute atomic E-state index is 0.149. The van der Waals surface area contributed by atoms with Gasteiger partial charge in [-0.2, -0.15) is 0 Å². The fraction of sp³-hybridized carbons (Fsp3) is 0.333. The molecule has 0 fully saturated rings. The van der Waals surface area contributed by atoms with Crippen molar-refractivity contribution in [2.75, 3.05) is 11.4 Å². The maximum Gasteiger partial charge on any atom is 0.328 e. The molecule has 6 heteroatoms. The van der Waals surface area contributed by atoms with Gasteiger partial charge in [0.05, 0.1) is 5.69 Å². The van der Waals surface area contributed by atoms with E-state index in [4.69, 9.17) is 5.11 Å². The number of imidazole rings is 1. The summed E-state index contributed by atoms with van der Waals surface area (Å²) in [5.41, 5.74) is 0.620. The molecule has 0 aliphatic heterocycles. The van der Waals surface area contributed by atoms with Crippen LogP contribution < -0.4 is 4.90 Å². The van der Waals surface area contributed by atoms with Crippen LogP contribution in [0, 0.1) is 0 Å². The summed E-state index contributed by atoms with van der Waals surface area (Å²) in [6.45, 7) is 10.7. The highest BCUT2D eigenvalue weighted by atomic mass is 32.1. The van der Waals surface area contributed by atoms with E-state index in [1.807, 2.05) is 22.1 Å². The van der Waals surface area contributed by atoms with Crippen LogP contribution in [0.3, 0.4) is 0 Å². The van der Waals surface area contributed by atoms with Gasteiger partial charge >= 0.3 is 5.97 Å². The largest absolute Gasteiger partial charge is 0.478 e. The molecule has 2 aromatic heterocycles. The third-order valence-corrected chi connectivity index (χ3v) is 3.80. The van der Waals surface area contributed by atoms with Gasteiger partial charge in [-0.05, 0) is 26.8 Å². The maximum atomic E-state index is 10.8. The number of carboxylic acids is 1. The van der Waals surface area contributed by atoms with Crippen molar-refractivity contribution in [1.29, 1.82) is 0 Å². The number of fused-ring (bicyclic) bond motifs is 1. The van der Waals surface area contributed by atoms with Gasteiger partial charge in [-0.3, -0.25) is 4.40 Å². The molecule has 2 aromatic rings. The van der Waals surface area contributed by atoms with Gasteiger partial charge < -0.3 is 10.0 Å². The zero-order valence-electron chi connectivity index (χ0n) is 12.4. The molecule has 0 amide bonds. The lowest BCUT2D eigenvalue weighted by Gasteiger charge is -2.35. The summed E-state index contributed by atoms with van der Waals surface area (Å²) in [5.74, 6) is -0.205. The minimum atomic E-state index is -0.975. The number of aromatic nitrogens is 2. The number of carboxylic acid groups (broad SMARTS) is 1. The van der Waals surface area contributed by atoms with E-state index >= 15 is 0 Å². The summed E-state index contributed by atoms with van der Waals surface area (Å²) < 4.78 is 1.90. The Balaban J connectivity index is 2.60. The van der Waals surface area contributed by atoms with Crippen LogP contribution in [-0.4, -0.2) is 32.5 Å². The highest BCUT2D eigenvalue weighted by molar-refractivity contribution is 7.15. The summed E-state index contributed by atoms with van der Waals surface area (Å²) >= 11 is 1.52. The molecule has 2 rings (SSSR count). The van der Waals surface area contributed by atoms with Crippen molar-refractivity contribution in [2.24, 2.45) is 0 Å². The van der Waals surface area contributed by atoms with Gasteiger partial charge in [0.25, 0.3) is 0 Å². The van der Waals surface area contributed by atoms with E-state index < -0.39 is 5.97 Å². The highest BCUT2D eigenvalue weighted by Gasteiger charge is 2.26. The Morgan fingerprint density at radius 1 is 1.57 bits per heavy atom. The first-order valence-electron chi connectivity index (χ1n) is 6.59. The molecule has 0 spiro atoms. The molecule has 112 valence electrons. The molecule has 0 saturated carbocycles. The summed E-state index contributed by atoms with van der Waals surface area (Å²) in [6.07, 6.45) is 6.45. The van der Waals surface area contributed by atoms with Gasteiger partial charge in [0.1, 0.15) is 0 Å². The van der Waals surface area contributed by atoms with Crippen molar-refractivity contribution in [1.82, 2.24) is 9.38 Å². The van der Waals surface area contributed by atoms with Crippen molar-refractivity contribution in [3.05, 3.63) is 36.0 Å². The van der Waals surface area contributed by atoms with Gasteiger partial charge in [0.2, 0.25) is 0 Å². The first-order chi connectivity index (χ1) is 9.84. The van der Waals surface area contributed by atoms with Crippen LogP contribution in [0.15, 0.2) is 30.3 Å². The number of hydrogen-bond acceptors (Lipinski definition) is 4. The average molecular weight is 305 g/mol. The fourth-order valence-electron chi connectivity index (χ4n) is 2.10. The van der Waals surface area contributed by atoms with Crippen molar-refractivity contribution in [3.8, 4) is 0 Å². The van der Waals surface area contributed by atoms with E-state index in [1.54, 1.807) is 6.08 Å². The normalized spacial score (nSPS) is 12.1. The number of rotatable bonds is 5. The van der Waals surface area contributed by atoms with Gasteiger partial charge in [-0.15, -0.1) is 17.9 Å². The number of carbonyl (C=O) groups is 1. The lowest BCUT2D eigenvalue weighted by atomic mass is 10.1. The molecule has 0 aromatic carbocycles. The molecule has 0 aliphatic rings. The van der Waals surface area contributed by atoms with E-state index in [0.717, 1.165) is 22.5 Å². The van der Waals surface area contributed by atoms with Crippen LogP contribution in [0.1, 0.15) is 26.5 Å². The lowest BCUT2D eigenvalue weighted by Crippen LogP contribution is -2.42. The summed E-state index contributed by atoms with van der Waals surface area (Å²) in [5, 5.41) is 10.8. The topological polar surface area (TPSA) is 57.8 Å². The molecular formula is C15H19N3O2S. The number of hydrogen-bond donors (Lipinski definition) is 1. The zero-order valence-corrected chi connectivity index (χ0v) is 13.2. The van der Waals surface area contributed by atoms with Gasteiger partial charge in [0, 0.05) is 29.7 Å². The first kappa shape index (κ1) is 15.3. The summed E-state index contributed by atoms with van der Waals surface area (Å²) in [4.78, 5) is 18.4. The number of aliphatic carboxylic acids is 1. The Morgan fingerprint density at radius 2 is 2.29 bits per heavy atom. The van der Waals surface area contributed by atoms with Crippen molar-refractivity contribution < 1.29 is 9.90 Å². The van der Waals surface area contributed by atoms with E-state index in [0.29, 0.717) is 6.54 Å². The molecule has 0 atom stereocenters. The Morgan fingerprint density at radius 3 is 2.86 bits per heavy atom. The monoisotopic (exact) mass is 305 g/mol. The van der Waals surface area contributed by atoms with E-state index in [2.05, 4.69) is 37.2 Å². The number of anilines is 1. The van der Waals surface area contributed by atoms with Crippen molar-refractivity contribution in [2.45, 2.75) is 26.3 Å². The third kappa shape index (κ3) is 3.16. The maximum absolute atomic E-state index is 10.8. The molecule has 2 heterocycles. The summed E-state index contributed by atoms with van der Waals surface area (Å²) in [7, 11) is 0. The van der Waals surface area contributed by atoms with Crippen LogP contribution >= 0.6 is 11.3 Å². The molecule has 1 N–H and O–H groups in total. The number of thiazole rings is 1. The molecule has 0 bridgehead atoms. The number of nitrogens with zero attached hydrogens (tertiary/aromatic N) is 3. The molecule has 0 aliphatic carbocycles. The Bertz CT molecular complexity index is 691. The second kappa shape index (κ2) is 5.73. The molecule has 0 saturated heterocycles. The molecule has 5 nitrogen and oxygen atoms in total. The first-order valence-corrected chi connectivity index (χ1v) is 7.47. The predicted octanol–water partition coefficient (Wildman–Crippen LogP) is 3.28. The lowest BCUT2D eigenvalue weighted by molar-refractivity contribution is -0.131. The van der Waals surface area contributed by atoms with Crippen molar-refractivity contribution in [3.63, 3.8) is 0 Å². The molecular weight excluding hydrogens is 286 g/mol. The van der Waals surface area contributed by atoms with E-state index in [9.17, 15) is 4.79 Å². The molecule has 21 heavy (non-hydrogen) atoms. The standard InChI is InChI=1S/C15H19N3O2S/c1-5-8-18(15(2,3)4)13-11(6-7-12(19)20)17-9-10-21-14(17)16-13/h5-7,9-10H,1,8H2,2-4H3,(H,19,20)/b7-6+. The van der Waals surface area contributed by atoms with E-state index in [1.165, 1.54) is 11.3 Å². The fourth-order valence-corrected chi connectivity index (χ4v) is 2.82. The van der Waals surface area contributed by atoms with E-state index in [-0.39, 0.29) is 5.54 Å². The quantitative estimate of drug-likeness (QED) is 0.680. The highest BCUT2D eigenvalue weighted by Crippen LogP contribution is 2.30. The van der Waals surface area contributed by atoms with Crippen LogP contribution in [0.25, 0.3) is 11.0 Å². The average Bonchev–Trinajstić information content (AvgIpc) is 2.92. The SMILES string of the molecule is C=CCN(c1nc2sccn2c1/C=C/C(=O)O)C(C)(C)C. The second-order valence-corrected chi connectivity index (χ2v) is 6.49.